The Morgan fingerprint density at radius 1 is 1.31 bits per heavy atom. The van der Waals surface area contributed by atoms with Crippen LogP contribution in [0, 0.1) is 18.3 Å². The van der Waals surface area contributed by atoms with E-state index >= 15 is 0 Å². The van der Waals surface area contributed by atoms with Crippen molar-refractivity contribution < 1.29 is 4.79 Å². The molecule has 32 heavy (non-hydrogen) atoms. The third kappa shape index (κ3) is 5.63. The lowest BCUT2D eigenvalue weighted by atomic mass is 9.94. The Kier molecular flexibility index (Phi) is 6.99. The topological polar surface area (TPSA) is 120 Å². The molecule has 0 bridgehead atoms. The number of anilines is 2. The average Bonchev–Trinajstić information content (AvgIpc) is 3.27. The van der Waals surface area contributed by atoms with E-state index in [1.165, 1.54) is 11.3 Å². The maximum absolute atomic E-state index is 12.4. The molecular weight excluding hydrogens is 424 g/mol. The molecule has 2 N–H and O–H groups in total. The SMILES string of the molecule is Cc1nc(Nc2nc(C(=O)NCc3ccncc3)cs2)cc([C@@H]2CCCN(CC#N)C2)n1. The van der Waals surface area contributed by atoms with Crippen molar-refractivity contribution in [1.29, 1.82) is 5.26 Å². The van der Waals surface area contributed by atoms with E-state index in [2.05, 4.69) is 41.5 Å². The van der Waals surface area contributed by atoms with Crippen LogP contribution in [0.2, 0.25) is 0 Å². The molecule has 3 aromatic heterocycles. The molecule has 3 aromatic rings. The van der Waals surface area contributed by atoms with Gasteiger partial charge in [0.05, 0.1) is 18.3 Å². The third-order valence-electron chi connectivity index (χ3n) is 5.25. The lowest BCUT2D eigenvalue weighted by Gasteiger charge is -2.30. The Morgan fingerprint density at radius 2 is 2.16 bits per heavy atom. The normalized spacial score (nSPS) is 16.3. The standard InChI is InChI=1S/C22H24N8OS/c1-15-26-18(17-3-2-9-30(13-17)10-6-23)11-20(27-15)29-22-28-19(14-32-22)21(31)25-12-16-4-7-24-8-5-16/h4-5,7-8,11,14,17H,2-3,9-10,12-13H2,1H3,(H,25,31)(H,26,27,28,29)/t17-/m1/s1. The first-order chi connectivity index (χ1) is 15.6. The highest BCUT2D eigenvalue weighted by Crippen LogP contribution is 2.28. The summed E-state index contributed by atoms with van der Waals surface area (Å²) in [6.45, 7) is 4.49. The smallest absolute Gasteiger partial charge is 0.271 e. The van der Waals surface area contributed by atoms with Crippen molar-refractivity contribution in [2.24, 2.45) is 0 Å². The molecule has 1 saturated heterocycles. The van der Waals surface area contributed by atoms with Crippen LogP contribution in [-0.4, -0.2) is 50.4 Å². The van der Waals surface area contributed by atoms with Gasteiger partial charge < -0.3 is 10.6 Å². The third-order valence-corrected chi connectivity index (χ3v) is 6.01. The van der Waals surface area contributed by atoms with Crippen LogP contribution in [0.3, 0.4) is 0 Å². The number of pyridine rings is 1. The first-order valence-electron chi connectivity index (χ1n) is 10.5. The second-order valence-corrected chi connectivity index (χ2v) is 8.52. The molecule has 0 unspecified atom stereocenters. The minimum atomic E-state index is -0.231. The summed E-state index contributed by atoms with van der Waals surface area (Å²) >= 11 is 1.35. The van der Waals surface area contributed by atoms with E-state index in [1.807, 2.05) is 25.1 Å². The van der Waals surface area contributed by atoms with Crippen LogP contribution in [0.25, 0.3) is 0 Å². The molecule has 0 radical (unpaired) electrons. The number of hydrogen-bond donors (Lipinski definition) is 2. The number of rotatable bonds is 7. The van der Waals surface area contributed by atoms with Crippen LogP contribution < -0.4 is 10.6 Å². The molecule has 9 nitrogen and oxygen atoms in total. The van der Waals surface area contributed by atoms with E-state index in [-0.39, 0.29) is 11.8 Å². The zero-order valence-corrected chi connectivity index (χ0v) is 18.6. The van der Waals surface area contributed by atoms with E-state index < -0.39 is 0 Å². The van der Waals surface area contributed by atoms with Gasteiger partial charge in [-0.25, -0.2) is 15.0 Å². The van der Waals surface area contributed by atoms with Crippen molar-refractivity contribution in [3.05, 3.63) is 58.7 Å². The summed E-state index contributed by atoms with van der Waals surface area (Å²) in [5.41, 5.74) is 2.30. The summed E-state index contributed by atoms with van der Waals surface area (Å²) in [6, 6.07) is 7.89. The largest absolute Gasteiger partial charge is 0.347 e. The van der Waals surface area contributed by atoms with Gasteiger partial charge in [0, 0.05) is 42.8 Å². The Balaban J connectivity index is 1.41. The number of hydrogen-bond acceptors (Lipinski definition) is 9. The number of thiazole rings is 1. The van der Waals surface area contributed by atoms with Crippen LogP contribution in [-0.2, 0) is 6.54 Å². The summed E-state index contributed by atoms with van der Waals surface area (Å²) in [6.07, 6.45) is 5.47. The molecule has 4 rings (SSSR count). The molecule has 1 fully saturated rings. The van der Waals surface area contributed by atoms with E-state index in [0.29, 0.717) is 35.6 Å². The fourth-order valence-corrected chi connectivity index (χ4v) is 4.42. The second kappa shape index (κ2) is 10.3. The molecular formula is C22H24N8OS. The van der Waals surface area contributed by atoms with Crippen LogP contribution in [0.1, 0.15) is 46.3 Å². The summed E-state index contributed by atoms with van der Waals surface area (Å²) in [4.78, 5) is 32.1. The molecule has 164 valence electrons. The predicted molar refractivity (Wildman–Crippen MR) is 122 cm³/mol. The predicted octanol–water partition coefficient (Wildman–Crippen LogP) is 3.01. The Morgan fingerprint density at radius 3 is 2.97 bits per heavy atom. The zero-order valence-electron chi connectivity index (χ0n) is 17.8. The second-order valence-electron chi connectivity index (χ2n) is 7.66. The van der Waals surface area contributed by atoms with Gasteiger partial charge in [0.1, 0.15) is 17.3 Å². The summed E-state index contributed by atoms with van der Waals surface area (Å²) in [5.74, 6) is 1.37. The fraction of sp³-hybridized carbons (Fsp3) is 0.364. The van der Waals surface area contributed by atoms with Gasteiger partial charge in [-0.2, -0.15) is 5.26 Å². The quantitative estimate of drug-likeness (QED) is 0.529. The van der Waals surface area contributed by atoms with Crippen LogP contribution >= 0.6 is 11.3 Å². The highest BCUT2D eigenvalue weighted by Gasteiger charge is 2.23. The Hall–Kier alpha value is -3.42. The van der Waals surface area contributed by atoms with Crippen molar-refractivity contribution in [3.8, 4) is 6.07 Å². The lowest BCUT2D eigenvalue weighted by Crippen LogP contribution is -2.35. The maximum atomic E-state index is 12.4. The van der Waals surface area contributed by atoms with Crippen LogP contribution in [0.4, 0.5) is 10.9 Å². The van der Waals surface area contributed by atoms with Gasteiger partial charge in [-0.3, -0.25) is 14.7 Å². The highest BCUT2D eigenvalue weighted by molar-refractivity contribution is 7.14. The zero-order chi connectivity index (χ0) is 22.3. The van der Waals surface area contributed by atoms with Crippen molar-refractivity contribution in [2.75, 3.05) is 25.0 Å². The van der Waals surface area contributed by atoms with Crippen molar-refractivity contribution in [1.82, 2.24) is 30.2 Å². The number of aromatic nitrogens is 4. The van der Waals surface area contributed by atoms with Gasteiger partial charge in [-0.05, 0) is 44.0 Å². The van der Waals surface area contributed by atoms with Gasteiger partial charge in [0.25, 0.3) is 5.91 Å². The average molecular weight is 449 g/mol. The lowest BCUT2D eigenvalue weighted by molar-refractivity contribution is 0.0946. The first-order valence-corrected chi connectivity index (χ1v) is 11.3. The molecule has 1 aliphatic rings. The Bertz CT molecular complexity index is 1110. The number of amides is 1. The number of nitrogens with one attached hydrogen (secondary N) is 2. The fourth-order valence-electron chi connectivity index (χ4n) is 3.72. The number of nitrogens with zero attached hydrogens (tertiary/aromatic N) is 6. The van der Waals surface area contributed by atoms with Crippen molar-refractivity contribution in [2.45, 2.75) is 32.2 Å². The molecule has 1 atom stereocenters. The molecule has 1 aliphatic heterocycles. The van der Waals surface area contributed by atoms with E-state index in [1.54, 1.807) is 17.8 Å². The van der Waals surface area contributed by atoms with Gasteiger partial charge in [0.2, 0.25) is 0 Å². The highest BCUT2D eigenvalue weighted by atomic mass is 32.1. The maximum Gasteiger partial charge on any atom is 0.271 e. The molecule has 0 saturated carbocycles. The number of likely N-dealkylation sites (tertiary alicyclic amines) is 1. The molecule has 10 heteroatoms. The first kappa shape index (κ1) is 21.8. The monoisotopic (exact) mass is 448 g/mol. The minimum absolute atomic E-state index is 0.231. The number of nitriles is 1. The van der Waals surface area contributed by atoms with E-state index in [9.17, 15) is 4.79 Å². The molecule has 1 amide bonds. The van der Waals surface area contributed by atoms with E-state index in [4.69, 9.17) is 5.26 Å². The summed E-state index contributed by atoms with van der Waals surface area (Å²) < 4.78 is 0. The van der Waals surface area contributed by atoms with E-state index in [0.717, 1.165) is 37.2 Å². The number of carbonyl (C=O) groups excluding carboxylic acids is 1. The molecule has 0 aliphatic carbocycles. The van der Waals surface area contributed by atoms with Gasteiger partial charge in [-0.1, -0.05) is 0 Å². The van der Waals surface area contributed by atoms with Gasteiger partial charge in [0.15, 0.2) is 5.13 Å². The van der Waals surface area contributed by atoms with Crippen molar-refractivity contribution >= 4 is 28.2 Å². The minimum Gasteiger partial charge on any atom is -0.347 e. The van der Waals surface area contributed by atoms with Crippen LogP contribution in [0.15, 0.2) is 36.0 Å². The summed E-state index contributed by atoms with van der Waals surface area (Å²) in [7, 11) is 0. The van der Waals surface area contributed by atoms with Crippen LogP contribution in [0.5, 0.6) is 0 Å². The van der Waals surface area contributed by atoms with Crippen molar-refractivity contribution in [3.63, 3.8) is 0 Å². The Labute approximate surface area is 190 Å². The number of aryl methyl sites for hydroxylation is 1. The molecule has 0 spiro atoms. The summed E-state index contributed by atoms with van der Waals surface area (Å²) in [5, 5.41) is 17.4. The molecule has 0 aromatic carbocycles. The van der Waals surface area contributed by atoms with Gasteiger partial charge in [-0.15, -0.1) is 11.3 Å². The number of piperidine rings is 1. The van der Waals surface area contributed by atoms with Gasteiger partial charge >= 0.3 is 0 Å². The molecule has 4 heterocycles. The number of carbonyl (C=O) groups is 1.